The van der Waals surface area contributed by atoms with Gasteiger partial charge in [-0.15, -0.1) is 0 Å². The van der Waals surface area contributed by atoms with Crippen molar-refractivity contribution in [3.63, 3.8) is 0 Å². The molecule has 3 aliphatic rings. The van der Waals surface area contributed by atoms with Crippen molar-refractivity contribution in [1.29, 1.82) is 0 Å². The minimum atomic E-state index is -2.19. The summed E-state index contributed by atoms with van der Waals surface area (Å²) in [7, 11) is 0. The molecule has 3 nitrogen and oxygen atoms in total. The van der Waals surface area contributed by atoms with Crippen LogP contribution in [0.25, 0.3) is 0 Å². The summed E-state index contributed by atoms with van der Waals surface area (Å²) in [4.78, 5) is 0. The van der Waals surface area contributed by atoms with Crippen molar-refractivity contribution in [3.8, 4) is 5.75 Å². The molecule has 33 heavy (non-hydrogen) atoms. The summed E-state index contributed by atoms with van der Waals surface area (Å²) in [5.41, 5.74) is 2.01. The molecule has 3 aliphatic carbocycles. The number of nitrogens with zero attached hydrogens (tertiary/aromatic N) is 2. The fraction of sp³-hybridized carbons (Fsp3) is 0.440. The predicted octanol–water partition coefficient (Wildman–Crippen LogP) is 6.42. The van der Waals surface area contributed by atoms with E-state index in [1.54, 1.807) is 6.07 Å². The van der Waals surface area contributed by atoms with Gasteiger partial charge < -0.3 is 5.11 Å². The summed E-state index contributed by atoms with van der Waals surface area (Å²) in [6.45, 7) is 2.14. The van der Waals surface area contributed by atoms with E-state index in [1.165, 1.54) is 11.1 Å². The lowest BCUT2D eigenvalue weighted by Crippen LogP contribution is -2.42. The van der Waals surface area contributed by atoms with Crippen LogP contribution in [-0.2, 0) is 6.42 Å². The topological polar surface area (TPSA) is 45.0 Å². The number of hydrogen-bond donors (Lipinski definition) is 1. The zero-order chi connectivity index (χ0) is 23.5. The van der Waals surface area contributed by atoms with E-state index in [0.717, 1.165) is 37.8 Å². The zero-order valence-electron chi connectivity index (χ0n) is 18.0. The van der Waals surface area contributed by atoms with E-state index in [9.17, 15) is 27.1 Å². The Morgan fingerprint density at radius 3 is 2.36 bits per heavy atom. The first-order valence-corrected chi connectivity index (χ1v) is 11.2. The van der Waals surface area contributed by atoms with E-state index >= 15 is 0 Å². The number of halogens is 5. The highest BCUT2D eigenvalue weighted by molar-refractivity contribution is 5.93. The van der Waals surface area contributed by atoms with E-state index in [4.69, 9.17) is 0 Å². The molecule has 1 N–H and O–H groups in total. The highest BCUT2D eigenvalue weighted by atomic mass is 19.2. The summed E-state index contributed by atoms with van der Waals surface area (Å²) in [5.74, 6) is -8.48. The van der Waals surface area contributed by atoms with Crippen molar-refractivity contribution in [2.45, 2.75) is 51.4 Å². The molecule has 0 aliphatic heterocycles. The first kappa shape index (κ1) is 22.0. The van der Waals surface area contributed by atoms with Gasteiger partial charge in [0.05, 0.1) is 11.8 Å². The number of rotatable bonds is 2. The van der Waals surface area contributed by atoms with E-state index in [2.05, 4.69) is 17.1 Å². The molecule has 2 aromatic rings. The van der Waals surface area contributed by atoms with Crippen LogP contribution in [0.1, 0.15) is 61.6 Å². The number of phenolic OH excluding ortho intramolecular Hbond substituents is 1. The molecule has 4 atom stereocenters. The van der Waals surface area contributed by atoms with Crippen LogP contribution in [0.3, 0.4) is 0 Å². The number of phenols is 1. The maximum absolute atomic E-state index is 13.9. The van der Waals surface area contributed by atoms with Gasteiger partial charge in [-0.3, -0.25) is 0 Å². The normalized spacial score (nSPS) is 29.9. The van der Waals surface area contributed by atoms with Crippen molar-refractivity contribution in [1.82, 2.24) is 0 Å². The summed E-state index contributed by atoms with van der Waals surface area (Å²) in [5, 5.41) is 17.8. The lowest BCUT2D eigenvalue weighted by Gasteiger charge is -2.49. The van der Waals surface area contributed by atoms with Crippen LogP contribution in [0.4, 0.5) is 22.0 Å². The first-order chi connectivity index (χ1) is 15.7. The lowest BCUT2D eigenvalue weighted by molar-refractivity contribution is 0.0955. The molecule has 5 rings (SSSR count). The molecule has 0 radical (unpaired) electrons. The summed E-state index contributed by atoms with van der Waals surface area (Å²) < 4.78 is 67.9. The summed E-state index contributed by atoms with van der Waals surface area (Å²) in [6.07, 6.45) is 5.95. The molecule has 174 valence electrons. The third kappa shape index (κ3) is 3.37. The van der Waals surface area contributed by atoms with Gasteiger partial charge in [0.15, 0.2) is 23.3 Å². The Labute approximate surface area is 188 Å². The van der Waals surface area contributed by atoms with Crippen molar-refractivity contribution in [2.75, 3.05) is 0 Å². The lowest BCUT2D eigenvalue weighted by atomic mass is 9.55. The molecule has 0 bridgehead atoms. The standard InChI is InChI=1S/C25H23F5N2O/c1-25-9-8-15-14-5-3-13(33)10-12(14)2-4-16(15)18(25)6-7-19(25)32-31-11-17-20(26)22(28)24(30)23(29)21(17)27/h3,5,10-11,15-16,18,33H,2,4,6-9H2,1H3/b31-11-,32-19-/t15-,16-,18-,25+/m1/s1. The average Bonchev–Trinajstić information content (AvgIpc) is 3.14. The molecule has 2 aromatic carbocycles. The van der Waals surface area contributed by atoms with E-state index < -0.39 is 34.6 Å². The number of aryl methyl sites for hydroxylation is 1. The van der Waals surface area contributed by atoms with Gasteiger partial charge in [0.1, 0.15) is 5.75 Å². The second kappa shape index (κ2) is 7.92. The van der Waals surface area contributed by atoms with Crippen molar-refractivity contribution >= 4 is 11.9 Å². The third-order valence-electron chi connectivity index (χ3n) is 8.06. The molecule has 0 unspecified atom stereocenters. The van der Waals surface area contributed by atoms with Gasteiger partial charge in [-0.25, -0.2) is 22.0 Å². The first-order valence-electron chi connectivity index (χ1n) is 11.2. The van der Waals surface area contributed by atoms with Gasteiger partial charge in [-0.2, -0.15) is 10.2 Å². The van der Waals surface area contributed by atoms with E-state index in [1.807, 2.05) is 12.1 Å². The molecular formula is C25H23F5N2O. The number of benzene rings is 2. The molecule has 0 aromatic heterocycles. The van der Waals surface area contributed by atoms with Gasteiger partial charge in [-0.1, -0.05) is 13.0 Å². The smallest absolute Gasteiger partial charge is 0.200 e. The number of hydrogen-bond acceptors (Lipinski definition) is 3. The Hall–Kier alpha value is -2.77. The summed E-state index contributed by atoms with van der Waals surface area (Å²) in [6, 6.07) is 5.63. The monoisotopic (exact) mass is 462 g/mol. The Morgan fingerprint density at radius 1 is 0.939 bits per heavy atom. The second-order valence-electron chi connectivity index (χ2n) is 9.57. The zero-order valence-corrected chi connectivity index (χ0v) is 18.0. The Bertz CT molecular complexity index is 1160. The van der Waals surface area contributed by atoms with Gasteiger partial charge in [0.2, 0.25) is 5.82 Å². The third-order valence-corrected chi connectivity index (χ3v) is 8.06. The molecule has 0 saturated heterocycles. The minimum Gasteiger partial charge on any atom is -0.508 e. The fourth-order valence-corrected chi connectivity index (χ4v) is 6.41. The van der Waals surface area contributed by atoms with Crippen LogP contribution in [0.2, 0.25) is 0 Å². The van der Waals surface area contributed by atoms with Gasteiger partial charge >= 0.3 is 0 Å². The molecule has 2 saturated carbocycles. The Balaban J connectivity index is 1.41. The van der Waals surface area contributed by atoms with E-state index in [0.29, 0.717) is 30.4 Å². The van der Waals surface area contributed by atoms with Gasteiger partial charge in [-0.05, 0) is 79.5 Å². The number of fused-ring (bicyclic) bond motifs is 5. The number of aromatic hydroxyl groups is 1. The Morgan fingerprint density at radius 2 is 1.64 bits per heavy atom. The predicted molar refractivity (Wildman–Crippen MR) is 114 cm³/mol. The molecule has 0 amide bonds. The van der Waals surface area contributed by atoms with Crippen LogP contribution in [0, 0.1) is 46.3 Å². The highest BCUT2D eigenvalue weighted by Crippen LogP contribution is 2.60. The molecular weight excluding hydrogens is 439 g/mol. The van der Waals surface area contributed by atoms with Crippen molar-refractivity contribution in [2.24, 2.45) is 27.5 Å². The maximum Gasteiger partial charge on any atom is 0.200 e. The fourth-order valence-electron chi connectivity index (χ4n) is 6.41. The van der Waals surface area contributed by atoms with Gasteiger partial charge in [0, 0.05) is 11.1 Å². The molecule has 0 spiro atoms. The van der Waals surface area contributed by atoms with Crippen molar-refractivity contribution < 1.29 is 27.1 Å². The minimum absolute atomic E-state index is 0.219. The molecule has 8 heteroatoms. The van der Waals surface area contributed by atoms with Crippen LogP contribution < -0.4 is 0 Å². The Kier molecular flexibility index (Phi) is 5.29. The summed E-state index contributed by atoms with van der Waals surface area (Å²) >= 11 is 0. The highest BCUT2D eigenvalue weighted by Gasteiger charge is 2.53. The average molecular weight is 462 g/mol. The molecule has 0 heterocycles. The van der Waals surface area contributed by atoms with Crippen LogP contribution >= 0.6 is 0 Å². The van der Waals surface area contributed by atoms with Crippen LogP contribution in [0.5, 0.6) is 5.75 Å². The SMILES string of the molecule is C[C@]12CC[C@@H]3c4ccc(O)cc4CC[C@H]3[C@H]1CC/C2=N/N=C\c1c(F)c(F)c(F)c(F)c1F. The van der Waals surface area contributed by atoms with E-state index in [-0.39, 0.29) is 11.2 Å². The van der Waals surface area contributed by atoms with Gasteiger partial charge in [0.25, 0.3) is 0 Å². The van der Waals surface area contributed by atoms with Crippen LogP contribution in [0.15, 0.2) is 28.4 Å². The quantitative estimate of drug-likeness (QED) is 0.181. The second-order valence-corrected chi connectivity index (χ2v) is 9.57. The van der Waals surface area contributed by atoms with Crippen LogP contribution in [-0.4, -0.2) is 17.0 Å². The maximum atomic E-state index is 13.9. The molecule has 2 fully saturated rings. The van der Waals surface area contributed by atoms with Crippen molar-refractivity contribution in [3.05, 3.63) is 64.0 Å². The largest absolute Gasteiger partial charge is 0.508 e.